The molecule has 1 atom stereocenters. The summed E-state index contributed by atoms with van der Waals surface area (Å²) in [7, 11) is 0. The lowest BCUT2D eigenvalue weighted by Gasteiger charge is -2.11. The van der Waals surface area contributed by atoms with Crippen molar-refractivity contribution in [3.63, 3.8) is 0 Å². The van der Waals surface area contributed by atoms with Crippen LogP contribution in [-0.4, -0.2) is 18.4 Å². The number of rotatable bonds is 2. The summed E-state index contributed by atoms with van der Waals surface area (Å²) in [6.45, 7) is -0.339. The molecular formula is C11H7Cl2F3O. The van der Waals surface area contributed by atoms with Crippen LogP contribution in [0.4, 0.5) is 13.2 Å². The van der Waals surface area contributed by atoms with E-state index < -0.39 is 11.8 Å². The van der Waals surface area contributed by atoms with Gasteiger partial charge in [0.2, 0.25) is 5.60 Å². The topological polar surface area (TPSA) is 12.5 Å². The van der Waals surface area contributed by atoms with Gasteiger partial charge >= 0.3 is 6.18 Å². The molecule has 1 saturated heterocycles. The fourth-order valence-corrected chi connectivity index (χ4v) is 1.59. The third-order valence-corrected chi connectivity index (χ3v) is 3.16. The third kappa shape index (κ3) is 2.59. The lowest BCUT2D eigenvalue weighted by Crippen LogP contribution is -2.30. The van der Waals surface area contributed by atoms with Crippen molar-refractivity contribution in [2.45, 2.75) is 11.8 Å². The fraction of sp³-hybridized carbons (Fsp3) is 0.273. The molecule has 1 aromatic rings. The van der Waals surface area contributed by atoms with Crippen LogP contribution >= 0.6 is 23.2 Å². The number of ether oxygens (including phenoxy) is 1. The highest BCUT2D eigenvalue weighted by Gasteiger charge is 2.64. The zero-order valence-electron chi connectivity index (χ0n) is 8.39. The molecular weight excluding hydrogens is 276 g/mol. The highest BCUT2D eigenvalue weighted by atomic mass is 35.5. The Morgan fingerprint density at radius 3 is 2.35 bits per heavy atom. The minimum Gasteiger partial charge on any atom is -0.356 e. The normalized spacial score (nSPS) is 24.3. The van der Waals surface area contributed by atoms with Crippen LogP contribution in [0, 0.1) is 0 Å². The highest BCUT2D eigenvalue weighted by molar-refractivity contribution is 6.42. The predicted molar refractivity (Wildman–Crippen MR) is 60.2 cm³/mol. The zero-order valence-corrected chi connectivity index (χ0v) is 9.90. The Kier molecular flexibility index (Phi) is 3.14. The molecule has 1 aliphatic heterocycles. The first-order chi connectivity index (χ1) is 7.84. The summed E-state index contributed by atoms with van der Waals surface area (Å²) in [6.07, 6.45) is -2.07. The van der Waals surface area contributed by atoms with E-state index in [1.54, 1.807) is 6.07 Å². The molecule has 17 heavy (non-hydrogen) atoms. The zero-order chi connectivity index (χ0) is 12.7. The average molecular weight is 283 g/mol. The van der Waals surface area contributed by atoms with Gasteiger partial charge in [0, 0.05) is 0 Å². The molecule has 1 fully saturated rings. The molecule has 0 bridgehead atoms. The van der Waals surface area contributed by atoms with Crippen LogP contribution in [0.3, 0.4) is 0 Å². The summed E-state index contributed by atoms with van der Waals surface area (Å²) in [6, 6.07) is 4.60. The van der Waals surface area contributed by atoms with E-state index >= 15 is 0 Å². The second-order valence-electron chi connectivity index (χ2n) is 3.68. The summed E-state index contributed by atoms with van der Waals surface area (Å²) in [5.41, 5.74) is -1.59. The Bertz CT molecular complexity index is 464. The van der Waals surface area contributed by atoms with E-state index in [0.717, 1.165) is 6.08 Å². The largest absolute Gasteiger partial charge is 0.423 e. The Hall–Kier alpha value is -0.710. The van der Waals surface area contributed by atoms with Crippen LogP contribution in [0.5, 0.6) is 0 Å². The molecule has 0 saturated carbocycles. The second-order valence-corrected chi connectivity index (χ2v) is 4.50. The van der Waals surface area contributed by atoms with Crippen molar-refractivity contribution < 1.29 is 17.9 Å². The molecule has 1 aromatic carbocycles. The lowest BCUT2D eigenvalue weighted by molar-refractivity contribution is -0.169. The number of alkyl halides is 3. The number of hydrogen-bond donors (Lipinski definition) is 0. The van der Waals surface area contributed by atoms with E-state index in [2.05, 4.69) is 4.74 Å². The van der Waals surface area contributed by atoms with Gasteiger partial charge in [0.25, 0.3) is 0 Å². The van der Waals surface area contributed by atoms with Crippen LogP contribution in [0.15, 0.2) is 24.3 Å². The van der Waals surface area contributed by atoms with Crippen molar-refractivity contribution >= 4 is 29.3 Å². The maximum absolute atomic E-state index is 12.5. The number of epoxide rings is 1. The molecule has 6 heteroatoms. The predicted octanol–water partition coefficient (Wildman–Crippen LogP) is 4.34. The van der Waals surface area contributed by atoms with Crippen LogP contribution in [0.2, 0.25) is 10.0 Å². The third-order valence-electron chi connectivity index (χ3n) is 2.42. The molecule has 1 heterocycles. The fourth-order valence-electron chi connectivity index (χ4n) is 1.28. The first-order valence-corrected chi connectivity index (χ1v) is 5.45. The van der Waals surface area contributed by atoms with E-state index in [1.165, 1.54) is 18.2 Å². The summed E-state index contributed by atoms with van der Waals surface area (Å²) >= 11 is 11.4. The van der Waals surface area contributed by atoms with E-state index in [1.807, 2.05) is 0 Å². The second kappa shape index (κ2) is 4.19. The molecule has 92 valence electrons. The minimum atomic E-state index is -4.39. The van der Waals surface area contributed by atoms with Gasteiger partial charge in [-0.15, -0.1) is 0 Å². The van der Waals surface area contributed by atoms with Gasteiger partial charge in [-0.25, -0.2) is 0 Å². The molecule has 0 amide bonds. The van der Waals surface area contributed by atoms with Crippen molar-refractivity contribution in [1.29, 1.82) is 0 Å². The van der Waals surface area contributed by atoms with Gasteiger partial charge in [0.15, 0.2) is 0 Å². The summed E-state index contributed by atoms with van der Waals surface area (Å²) in [5, 5.41) is 0.656. The SMILES string of the molecule is FC(F)(F)C1(/C=C/c2ccc(Cl)c(Cl)c2)CO1. The smallest absolute Gasteiger partial charge is 0.356 e. The van der Waals surface area contributed by atoms with E-state index in [4.69, 9.17) is 23.2 Å². The monoisotopic (exact) mass is 282 g/mol. The van der Waals surface area contributed by atoms with E-state index in [0.29, 0.717) is 15.6 Å². The number of hydrogen-bond acceptors (Lipinski definition) is 1. The number of benzene rings is 1. The summed E-state index contributed by atoms with van der Waals surface area (Å²) in [5.74, 6) is 0. The van der Waals surface area contributed by atoms with Gasteiger partial charge in [-0.1, -0.05) is 35.3 Å². The van der Waals surface area contributed by atoms with Crippen molar-refractivity contribution in [3.05, 3.63) is 39.9 Å². The van der Waals surface area contributed by atoms with E-state index in [9.17, 15) is 13.2 Å². The highest BCUT2D eigenvalue weighted by Crippen LogP contribution is 2.45. The van der Waals surface area contributed by atoms with Crippen LogP contribution in [0.25, 0.3) is 6.08 Å². The Morgan fingerprint density at radius 2 is 1.88 bits per heavy atom. The van der Waals surface area contributed by atoms with Gasteiger partial charge in [-0.3, -0.25) is 0 Å². The van der Waals surface area contributed by atoms with Crippen LogP contribution < -0.4 is 0 Å². The molecule has 2 rings (SSSR count). The number of halogens is 5. The average Bonchev–Trinajstić information content (AvgIpc) is 3.00. The Morgan fingerprint density at radius 1 is 1.24 bits per heavy atom. The van der Waals surface area contributed by atoms with Crippen molar-refractivity contribution in [1.82, 2.24) is 0 Å². The maximum atomic E-state index is 12.5. The van der Waals surface area contributed by atoms with Gasteiger partial charge in [0.05, 0.1) is 16.7 Å². The standard InChI is InChI=1S/C11H7Cl2F3O/c12-8-2-1-7(5-9(8)13)3-4-10(6-17-10)11(14,15)16/h1-5H,6H2/b4-3+. The first-order valence-electron chi connectivity index (χ1n) is 4.69. The molecule has 0 spiro atoms. The molecule has 0 aromatic heterocycles. The van der Waals surface area contributed by atoms with Gasteiger partial charge in [-0.2, -0.15) is 13.2 Å². The van der Waals surface area contributed by atoms with E-state index in [-0.39, 0.29) is 6.61 Å². The summed E-state index contributed by atoms with van der Waals surface area (Å²) in [4.78, 5) is 0. The lowest BCUT2D eigenvalue weighted by atomic mass is 10.1. The Balaban J connectivity index is 2.19. The molecule has 0 N–H and O–H groups in total. The molecule has 1 nitrogen and oxygen atoms in total. The molecule has 1 unspecified atom stereocenters. The quantitative estimate of drug-likeness (QED) is 0.735. The van der Waals surface area contributed by atoms with Crippen molar-refractivity contribution in [3.8, 4) is 0 Å². The first kappa shape index (κ1) is 12.7. The van der Waals surface area contributed by atoms with Crippen LogP contribution in [0.1, 0.15) is 5.56 Å². The molecule has 0 aliphatic carbocycles. The molecule has 1 aliphatic rings. The van der Waals surface area contributed by atoms with Gasteiger partial charge in [-0.05, 0) is 23.8 Å². The molecule has 0 radical (unpaired) electrons. The van der Waals surface area contributed by atoms with Crippen LogP contribution in [-0.2, 0) is 4.74 Å². The van der Waals surface area contributed by atoms with Crippen molar-refractivity contribution in [2.24, 2.45) is 0 Å². The summed E-state index contributed by atoms with van der Waals surface area (Å²) < 4.78 is 42.0. The van der Waals surface area contributed by atoms with Gasteiger partial charge in [0.1, 0.15) is 0 Å². The van der Waals surface area contributed by atoms with Crippen molar-refractivity contribution in [2.75, 3.05) is 6.61 Å². The minimum absolute atomic E-state index is 0.298. The van der Waals surface area contributed by atoms with Gasteiger partial charge < -0.3 is 4.74 Å². The Labute approximate surface area is 106 Å². The maximum Gasteiger partial charge on any atom is 0.423 e.